The Morgan fingerprint density at radius 2 is 1.81 bits per heavy atom. The Kier molecular flexibility index (Phi) is 4.91. The summed E-state index contributed by atoms with van der Waals surface area (Å²) < 4.78 is 43.5. The van der Waals surface area contributed by atoms with E-state index < -0.39 is 9.84 Å². The summed E-state index contributed by atoms with van der Waals surface area (Å²) in [6.45, 7) is 1.98. The average molecular weight is 410 g/mol. The van der Waals surface area contributed by atoms with Gasteiger partial charge in [0.15, 0.2) is 9.84 Å². The van der Waals surface area contributed by atoms with E-state index in [2.05, 4.69) is 4.90 Å². The Morgan fingerprint density at radius 3 is 2.44 bits per heavy atom. The van der Waals surface area contributed by atoms with E-state index in [4.69, 9.17) is 16.3 Å². The largest absolute Gasteiger partial charge is 0.484 e. The fraction of sp³-hybridized carbons (Fsp3) is 0.400. The summed E-state index contributed by atoms with van der Waals surface area (Å²) in [4.78, 5) is 2.62. The Labute approximate surface area is 163 Å². The van der Waals surface area contributed by atoms with E-state index in [1.807, 2.05) is 0 Å². The maximum atomic E-state index is 14.0. The van der Waals surface area contributed by atoms with Crippen LogP contribution in [0.3, 0.4) is 0 Å². The first kappa shape index (κ1) is 18.7. The lowest BCUT2D eigenvalue weighted by molar-refractivity contribution is 0.0939. The number of ether oxygens (including phenoxy) is 1. The summed E-state index contributed by atoms with van der Waals surface area (Å²) in [7, 11) is -3.26. The molecule has 27 heavy (non-hydrogen) atoms. The number of hydrogen-bond acceptors (Lipinski definition) is 4. The number of hydrogen-bond donors (Lipinski definition) is 0. The van der Waals surface area contributed by atoms with E-state index in [9.17, 15) is 12.8 Å². The molecule has 2 aromatic rings. The maximum absolute atomic E-state index is 14.0. The van der Waals surface area contributed by atoms with Crippen LogP contribution in [-0.2, 0) is 16.3 Å². The number of fused-ring (bicyclic) bond motifs is 1. The van der Waals surface area contributed by atoms with Gasteiger partial charge in [-0.05, 0) is 74.3 Å². The van der Waals surface area contributed by atoms with Crippen molar-refractivity contribution in [3.05, 3.63) is 58.4 Å². The SMILES string of the molecule is CS(=O)(=O)c1ccc(OC2c3cc(F)cc(Cl)c3CC2N2CCCC2)cc1. The van der Waals surface area contributed by atoms with Crippen molar-refractivity contribution in [2.45, 2.75) is 36.3 Å². The van der Waals surface area contributed by atoms with Crippen LogP contribution in [0.1, 0.15) is 30.1 Å². The molecule has 144 valence electrons. The molecule has 0 N–H and O–H groups in total. The Morgan fingerprint density at radius 1 is 1.15 bits per heavy atom. The van der Waals surface area contributed by atoms with Gasteiger partial charge < -0.3 is 4.74 Å². The second-order valence-corrected chi connectivity index (χ2v) is 9.67. The maximum Gasteiger partial charge on any atom is 0.175 e. The van der Waals surface area contributed by atoms with Crippen molar-refractivity contribution < 1.29 is 17.5 Å². The topological polar surface area (TPSA) is 46.6 Å². The number of benzene rings is 2. The monoisotopic (exact) mass is 409 g/mol. The summed E-state index contributed by atoms with van der Waals surface area (Å²) in [6.07, 6.45) is 3.84. The van der Waals surface area contributed by atoms with Gasteiger partial charge in [-0.3, -0.25) is 4.90 Å². The Bertz CT molecular complexity index is 956. The average Bonchev–Trinajstić information content (AvgIpc) is 3.23. The molecule has 1 aliphatic carbocycles. The molecule has 7 heteroatoms. The zero-order valence-electron chi connectivity index (χ0n) is 15.0. The molecule has 4 rings (SSSR count). The molecule has 1 heterocycles. The minimum Gasteiger partial charge on any atom is -0.484 e. The van der Waals surface area contributed by atoms with Crippen LogP contribution in [0.2, 0.25) is 5.02 Å². The van der Waals surface area contributed by atoms with Gasteiger partial charge in [-0.25, -0.2) is 12.8 Å². The highest BCUT2D eigenvalue weighted by atomic mass is 35.5. The van der Waals surface area contributed by atoms with Crippen molar-refractivity contribution >= 4 is 21.4 Å². The highest BCUT2D eigenvalue weighted by Crippen LogP contribution is 2.42. The summed E-state index contributed by atoms with van der Waals surface area (Å²) in [5.41, 5.74) is 1.72. The molecule has 2 aliphatic rings. The molecule has 0 bridgehead atoms. The van der Waals surface area contributed by atoms with Crippen molar-refractivity contribution in [2.24, 2.45) is 0 Å². The summed E-state index contributed by atoms with van der Waals surface area (Å²) in [6, 6.07) is 9.31. The van der Waals surface area contributed by atoms with Gasteiger partial charge in [0.25, 0.3) is 0 Å². The number of rotatable bonds is 4. The number of halogens is 2. The first-order valence-electron chi connectivity index (χ1n) is 9.01. The van der Waals surface area contributed by atoms with Crippen LogP contribution in [0.4, 0.5) is 4.39 Å². The Balaban J connectivity index is 1.67. The molecular weight excluding hydrogens is 389 g/mol. The molecule has 0 saturated carbocycles. The van der Waals surface area contributed by atoms with E-state index >= 15 is 0 Å². The lowest BCUT2D eigenvalue weighted by Crippen LogP contribution is -2.38. The molecule has 0 aromatic heterocycles. The van der Waals surface area contributed by atoms with Crippen molar-refractivity contribution in [2.75, 3.05) is 19.3 Å². The smallest absolute Gasteiger partial charge is 0.175 e. The molecule has 1 aliphatic heterocycles. The highest BCUT2D eigenvalue weighted by Gasteiger charge is 2.40. The van der Waals surface area contributed by atoms with Gasteiger partial charge in [-0.1, -0.05) is 11.6 Å². The van der Waals surface area contributed by atoms with Gasteiger partial charge in [0.2, 0.25) is 0 Å². The van der Waals surface area contributed by atoms with Crippen molar-refractivity contribution in [3.8, 4) is 5.75 Å². The number of sulfone groups is 1. The van der Waals surface area contributed by atoms with E-state index in [0.29, 0.717) is 10.8 Å². The van der Waals surface area contributed by atoms with Crippen LogP contribution in [-0.4, -0.2) is 38.7 Å². The zero-order chi connectivity index (χ0) is 19.2. The first-order chi connectivity index (χ1) is 12.8. The standard InChI is InChI=1S/C20H21ClFNO3S/c1-27(24,25)15-6-4-14(5-7-15)26-20-17-10-13(22)11-18(21)16(17)12-19(20)23-8-2-3-9-23/h4-7,10-11,19-20H,2-3,8-9,12H2,1H3. The summed E-state index contributed by atoms with van der Waals surface area (Å²) in [5.74, 6) is 0.187. The molecule has 4 nitrogen and oxygen atoms in total. The number of nitrogens with zero attached hydrogens (tertiary/aromatic N) is 1. The first-order valence-corrected chi connectivity index (χ1v) is 11.3. The minimum atomic E-state index is -3.26. The van der Waals surface area contributed by atoms with E-state index in [-0.39, 0.29) is 22.9 Å². The van der Waals surface area contributed by atoms with Gasteiger partial charge in [0.05, 0.1) is 10.9 Å². The third kappa shape index (κ3) is 3.71. The molecule has 0 amide bonds. The zero-order valence-corrected chi connectivity index (χ0v) is 16.6. The lowest BCUT2D eigenvalue weighted by Gasteiger charge is -2.30. The van der Waals surface area contributed by atoms with E-state index in [1.165, 1.54) is 30.5 Å². The van der Waals surface area contributed by atoms with E-state index in [1.54, 1.807) is 12.1 Å². The van der Waals surface area contributed by atoms with Gasteiger partial charge in [-0.2, -0.15) is 0 Å². The predicted octanol–water partition coefficient (Wildman–Crippen LogP) is 4.02. The second-order valence-electron chi connectivity index (χ2n) is 7.25. The third-order valence-electron chi connectivity index (χ3n) is 5.39. The molecular formula is C20H21ClFNO3S. The summed E-state index contributed by atoms with van der Waals surface area (Å²) in [5, 5.41) is 0.438. The molecule has 2 aromatic carbocycles. The van der Waals surface area contributed by atoms with E-state index in [0.717, 1.165) is 43.5 Å². The van der Waals surface area contributed by atoms with Crippen LogP contribution in [0, 0.1) is 5.82 Å². The van der Waals surface area contributed by atoms with Crippen LogP contribution >= 0.6 is 11.6 Å². The lowest BCUT2D eigenvalue weighted by atomic mass is 10.1. The predicted molar refractivity (Wildman–Crippen MR) is 103 cm³/mol. The fourth-order valence-corrected chi connectivity index (χ4v) is 4.98. The quantitative estimate of drug-likeness (QED) is 0.765. The highest BCUT2D eigenvalue weighted by molar-refractivity contribution is 7.90. The molecule has 1 saturated heterocycles. The molecule has 2 unspecified atom stereocenters. The molecule has 0 spiro atoms. The second kappa shape index (κ2) is 7.08. The van der Waals surface area contributed by atoms with Crippen LogP contribution in [0.25, 0.3) is 0 Å². The normalized spacial score (nSPS) is 22.8. The van der Waals surface area contributed by atoms with Crippen LogP contribution < -0.4 is 4.74 Å². The van der Waals surface area contributed by atoms with Crippen LogP contribution in [0.15, 0.2) is 41.3 Å². The summed E-state index contributed by atoms with van der Waals surface area (Å²) >= 11 is 6.31. The van der Waals surface area contributed by atoms with Crippen LogP contribution in [0.5, 0.6) is 5.75 Å². The Hall–Kier alpha value is -1.63. The third-order valence-corrected chi connectivity index (χ3v) is 6.85. The molecule has 2 atom stereocenters. The molecule has 1 fully saturated rings. The van der Waals surface area contributed by atoms with Gasteiger partial charge in [0.1, 0.15) is 17.7 Å². The fourth-order valence-electron chi connectivity index (χ4n) is 4.06. The van der Waals surface area contributed by atoms with Gasteiger partial charge in [-0.15, -0.1) is 0 Å². The number of likely N-dealkylation sites (tertiary alicyclic amines) is 1. The van der Waals surface area contributed by atoms with Crippen molar-refractivity contribution in [1.29, 1.82) is 0 Å². The minimum absolute atomic E-state index is 0.0939. The van der Waals surface area contributed by atoms with Crippen molar-refractivity contribution in [1.82, 2.24) is 4.90 Å². The van der Waals surface area contributed by atoms with Gasteiger partial charge >= 0.3 is 0 Å². The molecule has 0 radical (unpaired) electrons. The van der Waals surface area contributed by atoms with Crippen molar-refractivity contribution in [3.63, 3.8) is 0 Å². The van der Waals surface area contributed by atoms with Gasteiger partial charge in [0, 0.05) is 16.8 Å².